The van der Waals surface area contributed by atoms with E-state index in [4.69, 9.17) is 20.4 Å². The summed E-state index contributed by atoms with van der Waals surface area (Å²) in [4.78, 5) is 56.3. The molecule has 224 valence electrons. The van der Waals surface area contributed by atoms with Crippen LogP contribution in [-0.2, 0) is 19.2 Å². The lowest BCUT2D eigenvalue weighted by Gasteiger charge is -2.34. The Hall–Kier alpha value is -4.89. The van der Waals surface area contributed by atoms with Crippen LogP contribution in [0.5, 0.6) is 0 Å². The lowest BCUT2D eigenvalue weighted by molar-refractivity contribution is -0.134. The minimum Gasteiger partial charge on any atom is -0.478 e. The number of hydrogen-bond acceptors (Lipinski definition) is 11. The summed E-state index contributed by atoms with van der Waals surface area (Å²) in [6.45, 7) is 6.33. The number of nitrogens with one attached hydrogen (secondary N) is 1. The van der Waals surface area contributed by atoms with Crippen molar-refractivity contribution in [1.82, 2.24) is 19.9 Å². The van der Waals surface area contributed by atoms with E-state index in [1.165, 1.54) is 11.1 Å². The van der Waals surface area contributed by atoms with Crippen LogP contribution in [0, 0.1) is 0 Å². The third-order valence-corrected chi connectivity index (χ3v) is 6.41. The second kappa shape index (κ2) is 18.5. The second-order valence-corrected chi connectivity index (χ2v) is 9.55. The Bertz CT molecular complexity index is 1260. The van der Waals surface area contributed by atoms with Gasteiger partial charge in [-0.3, -0.25) is 4.90 Å². The van der Waals surface area contributed by atoms with E-state index in [2.05, 4.69) is 48.3 Å². The number of nitrogens with zero attached hydrogens (tertiary/aromatic N) is 5. The molecule has 15 heteroatoms. The Morgan fingerprint density at radius 3 is 1.86 bits per heavy atom. The van der Waals surface area contributed by atoms with Crippen LogP contribution >= 0.6 is 11.3 Å². The molecule has 3 aromatic rings. The molecule has 0 aliphatic carbocycles. The van der Waals surface area contributed by atoms with Crippen LogP contribution < -0.4 is 10.2 Å². The average Bonchev–Trinajstić information content (AvgIpc) is 3.39. The van der Waals surface area contributed by atoms with E-state index in [1.54, 1.807) is 11.3 Å². The summed E-state index contributed by atoms with van der Waals surface area (Å²) in [7, 11) is 0. The predicted molar refractivity (Wildman–Crippen MR) is 157 cm³/mol. The first kappa shape index (κ1) is 33.3. The van der Waals surface area contributed by atoms with E-state index in [1.807, 2.05) is 24.5 Å². The number of anilines is 2. The third kappa shape index (κ3) is 14.0. The highest BCUT2D eigenvalue weighted by molar-refractivity contribution is 7.22. The van der Waals surface area contributed by atoms with Gasteiger partial charge in [-0.25, -0.2) is 34.1 Å². The molecule has 1 aliphatic rings. The van der Waals surface area contributed by atoms with Gasteiger partial charge in [-0.1, -0.05) is 23.5 Å². The van der Waals surface area contributed by atoms with Crippen LogP contribution in [0.15, 0.2) is 67.0 Å². The predicted octanol–water partition coefficient (Wildman–Crippen LogP) is 2.52. The van der Waals surface area contributed by atoms with Crippen molar-refractivity contribution in [1.29, 1.82) is 0 Å². The third-order valence-electron chi connectivity index (χ3n) is 5.42. The van der Waals surface area contributed by atoms with Crippen LogP contribution in [0.2, 0.25) is 0 Å². The molecule has 42 heavy (non-hydrogen) atoms. The van der Waals surface area contributed by atoms with Gasteiger partial charge in [0.1, 0.15) is 0 Å². The molecule has 2 aromatic heterocycles. The Labute approximate surface area is 245 Å². The molecule has 0 spiro atoms. The molecule has 1 aromatic carbocycles. The van der Waals surface area contributed by atoms with Crippen LogP contribution in [0.25, 0.3) is 10.2 Å². The first-order valence-corrected chi connectivity index (χ1v) is 13.6. The highest BCUT2D eigenvalue weighted by Gasteiger charge is 2.18. The fourth-order valence-corrected chi connectivity index (χ4v) is 4.41. The Morgan fingerprint density at radius 2 is 1.33 bits per heavy atom. The van der Waals surface area contributed by atoms with Gasteiger partial charge in [0.05, 0.1) is 10.2 Å². The smallest absolute Gasteiger partial charge is 0.328 e. The lowest BCUT2D eigenvalue weighted by atomic mass is 10.2. The number of carboxylic acids is 4. The zero-order valence-corrected chi connectivity index (χ0v) is 23.4. The van der Waals surface area contributed by atoms with Crippen molar-refractivity contribution < 1.29 is 39.6 Å². The number of aromatic nitrogens is 3. The van der Waals surface area contributed by atoms with Gasteiger partial charge < -0.3 is 30.6 Å². The maximum atomic E-state index is 9.55. The number of carbonyl (C=O) groups is 4. The molecule has 0 saturated carbocycles. The molecule has 0 atom stereocenters. The van der Waals surface area contributed by atoms with E-state index in [0.29, 0.717) is 24.3 Å². The number of hydrogen-bond donors (Lipinski definition) is 5. The molecule has 5 N–H and O–H groups in total. The van der Waals surface area contributed by atoms with Gasteiger partial charge in [0.15, 0.2) is 5.13 Å². The zero-order valence-electron chi connectivity index (χ0n) is 22.6. The number of rotatable bonds is 11. The first-order valence-electron chi connectivity index (χ1n) is 12.8. The first-order chi connectivity index (χ1) is 20.1. The highest BCUT2D eigenvalue weighted by atomic mass is 32.1. The largest absolute Gasteiger partial charge is 0.478 e. The van der Waals surface area contributed by atoms with Gasteiger partial charge in [-0.05, 0) is 37.6 Å². The van der Waals surface area contributed by atoms with Crippen LogP contribution in [-0.4, -0.2) is 103 Å². The number of carboxylic acid groups (broad SMARTS) is 4. The molecule has 1 aliphatic heterocycles. The molecule has 4 rings (SSSR count). The van der Waals surface area contributed by atoms with Gasteiger partial charge in [0.2, 0.25) is 5.95 Å². The number of aliphatic carboxylic acids is 4. The zero-order chi connectivity index (χ0) is 30.7. The average molecular weight is 601 g/mol. The molecule has 0 bridgehead atoms. The van der Waals surface area contributed by atoms with Crippen molar-refractivity contribution in [3.63, 3.8) is 0 Å². The van der Waals surface area contributed by atoms with Gasteiger partial charge in [0, 0.05) is 69.4 Å². The number of para-hydroxylation sites is 1. The van der Waals surface area contributed by atoms with Gasteiger partial charge in [-0.15, -0.1) is 0 Å². The van der Waals surface area contributed by atoms with Gasteiger partial charge in [0.25, 0.3) is 0 Å². The minimum absolute atomic E-state index is 0.558. The molecular weight excluding hydrogens is 568 g/mol. The molecule has 0 radical (unpaired) electrons. The standard InChI is InChI=1S/C19H24N6S.2C4H4O4/c1-2-7-17-16(6-1)23-19(26-17)22-8-3-4-11-24-12-14-25(15-13-24)18-20-9-5-10-21-18;2*5-3(6)1-2-4(7)8/h1-2,5-7,9-10H,3-4,8,11-15H2,(H,22,23);2*1-2H,(H,5,6)(H,7,8). The van der Waals surface area contributed by atoms with E-state index >= 15 is 0 Å². The molecular formula is C27H32N6O8S. The normalized spacial score (nSPS) is 13.2. The SMILES string of the molecule is O=C(O)C=CC(=O)O.O=C(O)C=CC(=O)O.c1cnc(N2CCN(CCCCNc3nc4ccccc4s3)CC2)nc1. The number of piperazine rings is 1. The second-order valence-electron chi connectivity index (χ2n) is 8.52. The fraction of sp³-hybridized carbons (Fsp3) is 0.296. The summed E-state index contributed by atoms with van der Waals surface area (Å²) in [6, 6.07) is 10.2. The van der Waals surface area contributed by atoms with E-state index in [-0.39, 0.29) is 0 Å². The molecule has 1 fully saturated rings. The summed E-state index contributed by atoms with van der Waals surface area (Å²) in [5.41, 5.74) is 1.08. The molecule has 1 saturated heterocycles. The number of thiazole rings is 1. The fourth-order valence-electron chi connectivity index (χ4n) is 3.51. The van der Waals surface area contributed by atoms with Gasteiger partial charge in [-0.2, -0.15) is 0 Å². The van der Waals surface area contributed by atoms with Crippen LogP contribution in [0.3, 0.4) is 0 Å². The summed E-state index contributed by atoms with van der Waals surface area (Å²) >= 11 is 1.73. The summed E-state index contributed by atoms with van der Waals surface area (Å²) in [6.07, 6.45) is 8.23. The Morgan fingerprint density at radius 1 is 0.786 bits per heavy atom. The Balaban J connectivity index is 0.000000319. The molecule has 0 unspecified atom stereocenters. The topological polar surface area (TPSA) is 206 Å². The summed E-state index contributed by atoms with van der Waals surface area (Å²) < 4.78 is 1.25. The van der Waals surface area contributed by atoms with Crippen molar-refractivity contribution in [3.05, 3.63) is 67.0 Å². The van der Waals surface area contributed by atoms with Gasteiger partial charge >= 0.3 is 23.9 Å². The summed E-state index contributed by atoms with van der Waals surface area (Å²) in [5.74, 6) is -4.17. The van der Waals surface area contributed by atoms with Crippen LogP contribution in [0.1, 0.15) is 12.8 Å². The molecule has 3 heterocycles. The van der Waals surface area contributed by atoms with E-state index in [9.17, 15) is 19.2 Å². The van der Waals surface area contributed by atoms with Crippen molar-refractivity contribution in [2.75, 3.05) is 49.5 Å². The highest BCUT2D eigenvalue weighted by Crippen LogP contribution is 2.25. The molecule has 14 nitrogen and oxygen atoms in total. The van der Waals surface area contributed by atoms with Crippen LogP contribution in [0.4, 0.5) is 11.1 Å². The van der Waals surface area contributed by atoms with Crippen molar-refractivity contribution in [3.8, 4) is 0 Å². The lowest BCUT2D eigenvalue weighted by Crippen LogP contribution is -2.47. The quantitative estimate of drug-likeness (QED) is 0.158. The Kier molecular flexibility index (Phi) is 14.6. The van der Waals surface area contributed by atoms with E-state index < -0.39 is 23.9 Å². The number of unbranched alkanes of at least 4 members (excludes halogenated alkanes) is 1. The number of benzene rings is 1. The van der Waals surface area contributed by atoms with E-state index in [0.717, 1.165) is 62.3 Å². The minimum atomic E-state index is -1.26. The maximum absolute atomic E-state index is 9.55. The van der Waals surface area contributed by atoms with Crippen molar-refractivity contribution in [2.45, 2.75) is 12.8 Å². The van der Waals surface area contributed by atoms with Crippen molar-refractivity contribution >= 4 is 56.5 Å². The van der Waals surface area contributed by atoms with Crippen molar-refractivity contribution in [2.24, 2.45) is 0 Å². The number of fused-ring (bicyclic) bond motifs is 1. The maximum Gasteiger partial charge on any atom is 0.328 e. The summed E-state index contributed by atoms with van der Waals surface area (Å²) in [5, 5.41) is 35.7. The monoisotopic (exact) mass is 600 g/mol. The molecule has 0 amide bonds.